The van der Waals surface area contributed by atoms with Crippen LogP contribution in [0.2, 0.25) is 0 Å². The third-order valence-electron chi connectivity index (χ3n) is 5.19. The molecule has 3 atom stereocenters. The fraction of sp³-hybridized carbons (Fsp3) is 1.00. The van der Waals surface area contributed by atoms with Crippen molar-refractivity contribution in [3.63, 3.8) is 0 Å². The first-order chi connectivity index (χ1) is 9.24. The highest BCUT2D eigenvalue weighted by atomic mass is 15.2. The van der Waals surface area contributed by atoms with E-state index in [1.54, 1.807) is 0 Å². The zero-order valence-corrected chi connectivity index (χ0v) is 13.2. The molecule has 0 amide bonds. The van der Waals surface area contributed by atoms with Gasteiger partial charge in [0.2, 0.25) is 0 Å². The van der Waals surface area contributed by atoms with Crippen molar-refractivity contribution < 1.29 is 0 Å². The lowest BCUT2D eigenvalue weighted by Gasteiger charge is -2.42. The second-order valence-electron chi connectivity index (χ2n) is 6.51. The molecular formula is C16H33N3. The number of hydrogen-bond acceptors (Lipinski definition) is 3. The maximum atomic E-state index is 3.75. The van der Waals surface area contributed by atoms with Gasteiger partial charge in [0, 0.05) is 25.2 Å². The van der Waals surface area contributed by atoms with E-state index in [0.717, 1.165) is 24.5 Å². The molecule has 1 saturated heterocycles. The molecule has 112 valence electrons. The van der Waals surface area contributed by atoms with Crippen LogP contribution in [0, 0.1) is 5.92 Å². The minimum absolute atomic E-state index is 0.733. The van der Waals surface area contributed by atoms with Gasteiger partial charge in [-0.3, -0.25) is 4.90 Å². The first kappa shape index (κ1) is 15.3. The molecule has 2 aliphatic rings. The van der Waals surface area contributed by atoms with Crippen LogP contribution in [0.4, 0.5) is 0 Å². The predicted octanol–water partition coefficient (Wildman–Crippen LogP) is 2.18. The summed E-state index contributed by atoms with van der Waals surface area (Å²) in [7, 11) is 2.26. The van der Waals surface area contributed by atoms with Crippen LogP contribution < -0.4 is 5.32 Å². The number of rotatable bonds is 4. The van der Waals surface area contributed by atoms with Gasteiger partial charge in [-0.1, -0.05) is 20.3 Å². The average Bonchev–Trinajstić information content (AvgIpc) is 2.64. The molecule has 2 rings (SSSR count). The van der Waals surface area contributed by atoms with Crippen molar-refractivity contribution in [2.75, 3.05) is 39.8 Å². The highest BCUT2D eigenvalue weighted by Gasteiger charge is 2.33. The number of nitrogens with zero attached hydrogens (tertiary/aromatic N) is 2. The van der Waals surface area contributed by atoms with Gasteiger partial charge in [-0.25, -0.2) is 0 Å². The van der Waals surface area contributed by atoms with Gasteiger partial charge in [-0.05, 0) is 58.3 Å². The first-order valence-electron chi connectivity index (χ1n) is 8.40. The number of nitrogens with one attached hydrogen (secondary N) is 1. The normalized spacial score (nSPS) is 35.2. The monoisotopic (exact) mass is 267 g/mol. The topological polar surface area (TPSA) is 18.5 Å². The summed E-state index contributed by atoms with van der Waals surface area (Å²) in [6, 6.07) is 1.52. The van der Waals surface area contributed by atoms with Gasteiger partial charge in [-0.2, -0.15) is 0 Å². The second kappa shape index (κ2) is 7.61. The molecule has 3 unspecified atom stereocenters. The maximum Gasteiger partial charge on any atom is 0.0252 e. The van der Waals surface area contributed by atoms with Crippen molar-refractivity contribution >= 4 is 0 Å². The lowest BCUT2D eigenvalue weighted by Crippen LogP contribution is -2.54. The van der Waals surface area contributed by atoms with Gasteiger partial charge in [-0.15, -0.1) is 0 Å². The SMILES string of the molecule is CCNC1CCC(CC)CC1N1CCCN(C)CC1. The highest BCUT2D eigenvalue weighted by Crippen LogP contribution is 2.30. The molecular weight excluding hydrogens is 234 g/mol. The Morgan fingerprint density at radius 3 is 2.63 bits per heavy atom. The summed E-state index contributed by atoms with van der Waals surface area (Å²) in [5.41, 5.74) is 0. The largest absolute Gasteiger partial charge is 0.313 e. The molecule has 0 radical (unpaired) electrons. The van der Waals surface area contributed by atoms with E-state index in [1.165, 1.54) is 58.3 Å². The van der Waals surface area contributed by atoms with E-state index < -0.39 is 0 Å². The van der Waals surface area contributed by atoms with E-state index in [-0.39, 0.29) is 0 Å². The molecule has 1 aliphatic heterocycles. The van der Waals surface area contributed by atoms with E-state index in [4.69, 9.17) is 0 Å². The van der Waals surface area contributed by atoms with E-state index in [9.17, 15) is 0 Å². The summed E-state index contributed by atoms with van der Waals surface area (Å²) in [6.07, 6.45) is 6.92. The standard InChI is InChI=1S/C16H33N3/c1-4-14-7-8-15(17-5-2)16(13-14)19-10-6-9-18(3)11-12-19/h14-17H,4-13H2,1-3H3. The molecule has 0 bridgehead atoms. The summed E-state index contributed by atoms with van der Waals surface area (Å²) in [5, 5.41) is 3.75. The van der Waals surface area contributed by atoms with Crippen LogP contribution in [0.5, 0.6) is 0 Å². The number of hydrogen-bond donors (Lipinski definition) is 1. The summed E-state index contributed by atoms with van der Waals surface area (Å²) in [4.78, 5) is 5.28. The maximum absolute atomic E-state index is 3.75. The Bertz CT molecular complexity index is 256. The van der Waals surface area contributed by atoms with E-state index in [1.807, 2.05) is 0 Å². The number of likely N-dealkylation sites (N-methyl/N-ethyl adjacent to an activating group) is 2. The lowest BCUT2D eigenvalue weighted by atomic mass is 9.80. The second-order valence-corrected chi connectivity index (χ2v) is 6.51. The minimum Gasteiger partial charge on any atom is -0.313 e. The van der Waals surface area contributed by atoms with Crippen molar-refractivity contribution in [2.45, 2.75) is 58.0 Å². The molecule has 1 N–H and O–H groups in total. The van der Waals surface area contributed by atoms with Crippen molar-refractivity contribution in [1.29, 1.82) is 0 Å². The summed E-state index contributed by atoms with van der Waals surface area (Å²) >= 11 is 0. The fourth-order valence-corrected chi connectivity index (χ4v) is 3.90. The Morgan fingerprint density at radius 2 is 1.89 bits per heavy atom. The molecule has 1 saturated carbocycles. The van der Waals surface area contributed by atoms with Gasteiger partial charge in [0.05, 0.1) is 0 Å². The Labute approximate surface area is 119 Å². The average molecular weight is 267 g/mol. The molecule has 0 aromatic heterocycles. The van der Waals surface area contributed by atoms with Gasteiger partial charge >= 0.3 is 0 Å². The summed E-state index contributed by atoms with van der Waals surface area (Å²) in [6.45, 7) is 10.8. The molecule has 3 heteroatoms. The van der Waals surface area contributed by atoms with Crippen LogP contribution in [0.15, 0.2) is 0 Å². The van der Waals surface area contributed by atoms with Crippen LogP contribution >= 0.6 is 0 Å². The van der Waals surface area contributed by atoms with Crippen molar-refractivity contribution in [3.05, 3.63) is 0 Å². The van der Waals surface area contributed by atoms with Crippen molar-refractivity contribution in [1.82, 2.24) is 15.1 Å². The fourth-order valence-electron chi connectivity index (χ4n) is 3.90. The van der Waals surface area contributed by atoms with E-state index >= 15 is 0 Å². The Kier molecular flexibility index (Phi) is 6.11. The molecule has 0 spiro atoms. The highest BCUT2D eigenvalue weighted by molar-refractivity contribution is 4.91. The lowest BCUT2D eigenvalue weighted by molar-refractivity contribution is 0.0994. The Hall–Kier alpha value is -0.120. The summed E-state index contributed by atoms with van der Waals surface area (Å²) in [5.74, 6) is 0.959. The van der Waals surface area contributed by atoms with Crippen molar-refractivity contribution in [3.8, 4) is 0 Å². The molecule has 2 fully saturated rings. The summed E-state index contributed by atoms with van der Waals surface area (Å²) < 4.78 is 0. The smallest absolute Gasteiger partial charge is 0.0252 e. The Balaban J connectivity index is 1.98. The van der Waals surface area contributed by atoms with Crippen LogP contribution in [-0.4, -0.2) is 61.7 Å². The zero-order chi connectivity index (χ0) is 13.7. The van der Waals surface area contributed by atoms with Crippen molar-refractivity contribution in [2.24, 2.45) is 5.92 Å². The van der Waals surface area contributed by atoms with Crippen LogP contribution in [-0.2, 0) is 0 Å². The minimum atomic E-state index is 0.733. The van der Waals surface area contributed by atoms with E-state index in [2.05, 4.69) is 36.0 Å². The van der Waals surface area contributed by atoms with E-state index in [0.29, 0.717) is 0 Å². The van der Waals surface area contributed by atoms with Gasteiger partial charge in [0.25, 0.3) is 0 Å². The zero-order valence-electron chi connectivity index (χ0n) is 13.2. The molecule has 3 nitrogen and oxygen atoms in total. The Morgan fingerprint density at radius 1 is 1.05 bits per heavy atom. The third kappa shape index (κ3) is 4.17. The third-order valence-corrected chi connectivity index (χ3v) is 5.19. The van der Waals surface area contributed by atoms with Gasteiger partial charge in [0.1, 0.15) is 0 Å². The van der Waals surface area contributed by atoms with Gasteiger partial charge < -0.3 is 10.2 Å². The quantitative estimate of drug-likeness (QED) is 0.842. The molecule has 19 heavy (non-hydrogen) atoms. The predicted molar refractivity (Wildman–Crippen MR) is 82.6 cm³/mol. The van der Waals surface area contributed by atoms with Crippen LogP contribution in [0.25, 0.3) is 0 Å². The molecule has 0 aromatic carbocycles. The molecule has 1 heterocycles. The van der Waals surface area contributed by atoms with Gasteiger partial charge in [0.15, 0.2) is 0 Å². The first-order valence-corrected chi connectivity index (χ1v) is 8.40. The molecule has 0 aromatic rings. The van der Waals surface area contributed by atoms with Crippen LogP contribution in [0.3, 0.4) is 0 Å². The van der Waals surface area contributed by atoms with Crippen LogP contribution in [0.1, 0.15) is 46.0 Å². The molecule has 1 aliphatic carbocycles.